The number of aromatic amines is 1. The van der Waals surface area contributed by atoms with Crippen molar-refractivity contribution in [3.63, 3.8) is 0 Å². The van der Waals surface area contributed by atoms with Gasteiger partial charge in [0.15, 0.2) is 0 Å². The normalized spacial score (nSPS) is 10.6. The number of carbonyl (C=O) groups is 1. The van der Waals surface area contributed by atoms with Crippen LogP contribution in [0.3, 0.4) is 0 Å². The molecule has 2 N–H and O–H groups in total. The van der Waals surface area contributed by atoms with Crippen LogP contribution in [0.15, 0.2) is 66.9 Å². The molecular weight excluding hydrogens is 324 g/mol. The van der Waals surface area contributed by atoms with Gasteiger partial charge in [-0.3, -0.25) is 5.10 Å². The van der Waals surface area contributed by atoms with Crippen molar-refractivity contribution in [3.8, 4) is 34.6 Å². The maximum atomic E-state index is 11.4. The van der Waals surface area contributed by atoms with Crippen molar-refractivity contribution in [2.75, 3.05) is 0 Å². The van der Waals surface area contributed by atoms with Crippen LogP contribution in [0.4, 0.5) is 0 Å². The Morgan fingerprint density at radius 3 is 2.38 bits per heavy atom. The van der Waals surface area contributed by atoms with Gasteiger partial charge < -0.3 is 5.11 Å². The van der Waals surface area contributed by atoms with Crippen molar-refractivity contribution in [1.82, 2.24) is 10.2 Å². The highest BCUT2D eigenvalue weighted by atomic mass is 16.4. The molecule has 0 spiro atoms. The smallest absolute Gasteiger partial charge is 0.336 e. The summed E-state index contributed by atoms with van der Waals surface area (Å²) >= 11 is 0. The molecule has 0 atom stereocenters. The molecule has 2 aliphatic carbocycles. The average molecular weight is 338 g/mol. The van der Waals surface area contributed by atoms with Gasteiger partial charge in [0, 0.05) is 16.5 Å². The summed E-state index contributed by atoms with van der Waals surface area (Å²) in [4.78, 5) is 11.4. The molecule has 2 aromatic carbocycles. The summed E-state index contributed by atoms with van der Waals surface area (Å²) in [7, 11) is 0. The van der Waals surface area contributed by atoms with Gasteiger partial charge in [-0.15, -0.1) is 6.42 Å². The third-order valence-corrected chi connectivity index (χ3v) is 4.29. The molecule has 3 aromatic rings. The van der Waals surface area contributed by atoms with Gasteiger partial charge in [0.25, 0.3) is 0 Å². The molecule has 1 aromatic heterocycles. The Hall–Kier alpha value is -3.84. The topological polar surface area (TPSA) is 66.0 Å². The first-order valence-corrected chi connectivity index (χ1v) is 8.04. The first kappa shape index (κ1) is 15.7. The van der Waals surface area contributed by atoms with Gasteiger partial charge >= 0.3 is 5.97 Å². The van der Waals surface area contributed by atoms with Crippen molar-refractivity contribution < 1.29 is 9.90 Å². The van der Waals surface area contributed by atoms with Crippen LogP contribution in [0.1, 0.15) is 15.9 Å². The van der Waals surface area contributed by atoms with Crippen molar-refractivity contribution >= 4 is 16.9 Å². The van der Waals surface area contributed by atoms with Gasteiger partial charge in [-0.2, -0.15) is 5.10 Å². The molecule has 2 aliphatic rings. The molecule has 4 nitrogen and oxygen atoms in total. The highest BCUT2D eigenvalue weighted by Gasteiger charge is 2.15. The van der Waals surface area contributed by atoms with Crippen molar-refractivity contribution in [1.29, 1.82) is 0 Å². The van der Waals surface area contributed by atoms with E-state index in [1.807, 2.05) is 18.2 Å². The molecule has 0 saturated heterocycles. The fourth-order valence-corrected chi connectivity index (χ4v) is 2.93. The summed E-state index contributed by atoms with van der Waals surface area (Å²) in [5, 5.41) is 17.1. The zero-order chi connectivity index (χ0) is 18.1. The molecule has 124 valence electrons. The van der Waals surface area contributed by atoms with E-state index in [-0.39, 0.29) is 5.56 Å². The molecule has 0 unspecified atom stereocenters. The van der Waals surface area contributed by atoms with Crippen LogP contribution in [0.25, 0.3) is 33.2 Å². The lowest BCUT2D eigenvalue weighted by Crippen LogP contribution is -2.01. The summed E-state index contributed by atoms with van der Waals surface area (Å²) in [5.41, 5.74) is 5.76. The quantitative estimate of drug-likeness (QED) is 0.463. The zero-order valence-corrected chi connectivity index (χ0v) is 13.7. The van der Waals surface area contributed by atoms with E-state index in [1.54, 1.807) is 24.4 Å². The lowest BCUT2D eigenvalue weighted by Gasteiger charge is -2.09. The van der Waals surface area contributed by atoms with E-state index in [0.717, 1.165) is 16.5 Å². The van der Waals surface area contributed by atoms with E-state index >= 15 is 0 Å². The van der Waals surface area contributed by atoms with E-state index in [2.05, 4.69) is 40.4 Å². The number of aromatic carboxylic acids is 1. The van der Waals surface area contributed by atoms with Gasteiger partial charge in [0.2, 0.25) is 0 Å². The van der Waals surface area contributed by atoms with E-state index in [4.69, 9.17) is 6.42 Å². The van der Waals surface area contributed by atoms with Gasteiger partial charge in [-0.05, 0) is 41.0 Å². The van der Waals surface area contributed by atoms with Crippen LogP contribution < -0.4 is 0 Å². The summed E-state index contributed by atoms with van der Waals surface area (Å²) in [6.45, 7) is 0. The van der Waals surface area contributed by atoms with Crippen LogP contribution >= 0.6 is 0 Å². The summed E-state index contributed by atoms with van der Waals surface area (Å²) < 4.78 is 0. The Morgan fingerprint density at radius 2 is 1.77 bits per heavy atom. The fraction of sp³-hybridized carbons (Fsp3) is 0. The second-order valence-corrected chi connectivity index (χ2v) is 5.93. The minimum Gasteiger partial charge on any atom is -0.478 e. The molecular formula is C22H14N2O2. The Kier molecular flexibility index (Phi) is 3.75. The minimum atomic E-state index is -0.998. The molecule has 0 aliphatic heterocycles. The number of hydrogen-bond donors (Lipinski definition) is 2. The third-order valence-electron chi connectivity index (χ3n) is 4.29. The Morgan fingerprint density at radius 1 is 1.00 bits per heavy atom. The number of nitrogens with zero attached hydrogens (tertiary/aromatic N) is 1. The number of hydrogen-bond acceptors (Lipinski definition) is 2. The molecule has 1 heterocycles. The molecule has 0 bridgehead atoms. The van der Waals surface area contributed by atoms with E-state index in [0.29, 0.717) is 11.1 Å². The average Bonchev–Trinajstić information content (AvgIpc) is 3.06. The minimum absolute atomic E-state index is 0.194. The largest absolute Gasteiger partial charge is 0.478 e. The predicted molar refractivity (Wildman–Crippen MR) is 102 cm³/mol. The molecule has 26 heavy (non-hydrogen) atoms. The first-order chi connectivity index (χ1) is 12.7. The second kappa shape index (κ2) is 6.23. The molecule has 0 saturated carbocycles. The number of benzene rings is 3. The number of rotatable bonds is 2. The highest BCUT2D eigenvalue weighted by molar-refractivity contribution is 5.99. The fourth-order valence-electron chi connectivity index (χ4n) is 2.93. The lowest BCUT2D eigenvalue weighted by molar-refractivity contribution is 0.0697. The van der Waals surface area contributed by atoms with Crippen molar-refractivity contribution in [2.45, 2.75) is 0 Å². The number of H-pyrrole nitrogens is 1. The second-order valence-electron chi connectivity index (χ2n) is 5.93. The Labute approximate surface area is 150 Å². The SMILES string of the molecule is C#Cc1cccc(C(=O)O)c1-c1ccc2cn[nH]c2c1.c1cc2cc-2c1. The monoisotopic (exact) mass is 338 g/mol. The molecule has 0 radical (unpaired) electrons. The molecule has 0 amide bonds. The number of terminal acetylenes is 1. The maximum Gasteiger partial charge on any atom is 0.336 e. The number of carboxylic acid groups (broad SMARTS) is 1. The lowest BCUT2D eigenvalue weighted by atomic mass is 9.94. The summed E-state index contributed by atoms with van der Waals surface area (Å²) in [6, 6.07) is 19.0. The van der Waals surface area contributed by atoms with Crippen LogP contribution in [0, 0.1) is 12.3 Å². The standard InChI is InChI=1S/C16H10N2O2.C6H4/c1-2-10-4-3-5-13(16(19)20)15(10)11-6-7-12-9-17-18-14(12)8-11;1-2-5-4-6(5)3-1/h1,3-9H,(H,17,18)(H,19,20);1-4H. The Bertz CT molecular complexity index is 1160. The van der Waals surface area contributed by atoms with Crippen LogP contribution in [0.2, 0.25) is 0 Å². The van der Waals surface area contributed by atoms with E-state index in [1.165, 1.54) is 11.1 Å². The third kappa shape index (κ3) is 2.83. The molecule has 5 rings (SSSR count). The van der Waals surface area contributed by atoms with Gasteiger partial charge in [-0.25, -0.2) is 4.79 Å². The van der Waals surface area contributed by atoms with Gasteiger partial charge in [0.05, 0.1) is 17.3 Å². The van der Waals surface area contributed by atoms with E-state index < -0.39 is 5.97 Å². The first-order valence-electron chi connectivity index (χ1n) is 8.04. The van der Waals surface area contributed by atoms with Crippen LogP contribution in [-0.2, 0) is 0 Å². The molecule has 4 heteroatoms. The number of fused-ring (bicyclic) bond motifs is 2. The Balaban J connectivity index is 0.000000233. The van der Waals surface area contributed by atoms with Gasteiger partial charge in [-0.1, -0.05) is 42.3 Å². The number of nitrogens with one attached hydrogen (secondary N) is 1. The predicted octanol–water partition coefficient (Wildman–Crippen LogP) is 4.58. The number of aromatic nitrogens is 2. The number of carboxylic acids is 1. The van der Waals surface area contributed by atoms with Gasteiger partial charge in [0.1, 0.15) is 0 Å². The summed E-state index contributed by atoms with van der Waals surface area (Å²) in [5.74, 6) is 1.54. The van der Waals surface area contributed by atoms with Crippen LogP contribution in [0.5, 0.6) is 0 Å². The van der Waals surface area contributed by atoms with Crippen molar-refractivity contribution in [3.05, 3.63) is 78.0 Å². The zero-order valence-electron chi connectivity index (χ0n) is 13.7. The highest BCUT2D eigenvalue weighted by Crippen LogP contribution is 2.32. The summed E-state index contributed by atoms with van der Waals surface area (Å²) in [6.07, 6.45) is 7.20. The van der Waals surface area contributed by atoms with E-state index in [9.17, 15) is 9.90 Å². The van der Waals surface area contributed by atoms with Crippen molar-refractivity contribution in [2.24, 2.45) is 0 Å². The molecule has 0 fully saturated rings. The maximum absolute atomic E-state index is 11.4. The van der Waals surface area contributed by atoms with Crippen LogP contribution in [-0.4, -0.2) is 21.3 Å².